The second-order valence-corrected chi connectivity index (χ2v) is 36.7. The molecule has 0 saturated heterocycles. The number of hydrogen-bond acceptors (Lipinski definition) is 13. The van der Waals surface area contributed by atoms with E-state index in [2.05, 4.69) is 296 Å². The van der Waals surface area contributed by atoms with E-state index in [4.69, 9.17) is 4.55 Å². The minimum Gasteiger partial charge on any atom is -0.744 e. The third-order valence-corrected chi connectivity index (χ3v) is 26.9. The summed E-state index contributed by atoms with van der Waals surface area (Å²) in [6.07, 6.45) is -0.0676. The second-order valence-electron chi connectivity index (χ2n) is 24.7. The van der Waals surface area contributed by atoms with E-state index >= 15 is 0 Å². The fraction of sp³-hybridized carbons (Fsp3) is 0.212. The van der Waals surface area contributed by atoms with E-state index in [1.165, 1.54) is 75.2 Å². The number of hydrogen-bond donors (Lipinski definition) is 1. The molecule has 0 spiro atoms. The van der Waals surface area contributed by atoms with E-state index in [0.717, 1.165) is 24.0 Å². The molecule has 0 radical (unpaired) electrons. The summed E-state index contributed by atoms with van der Waals surface area (Å²) in [5.41, 5.74) is 1.99. The summed E-state index contributed by atoms with van der Waals surface area (Å²) in [7, 11) is -19.9. The summed E-state index contributed by atoms with van der Waals surface area (Å²) in [4.78, 5) is 23.2. The Hall–Kier alpha value is -8.86. The molecule has 4 atom stereocenters. The van der Waals surface area contributed by atoms with Crippen LogP contribution in [0.1, 0.15) is 90.7 Å². The molecular formula is C85H89F4O14S7+. The van der Waals surface area contributed by atoms with Crippen LogP contribution in [0.4, 0.5) is 17.6 Å². The van der Waals surface area contributed by atoms with Crippen molar-refractivity contribution in [3.05, 3.63) is 333 Å². The lowest BCUT2D eigenvalue weighted by atomic mass is 9.99. The zero-order valence-electron chi connectivity index (χ0n) is 61.6. The van der Waals surface area contributed by atoms with Crippen LogP contribution in [0.5, 0.6) is 5.75 Å². The van der Waals surface area contributed by atoms with Crippen LogP contribution >= 0.6 is 0 Å². The topological polar surface area (TPSA) is 238 Å². The number of carbonyl (C=O) groups excluding carboxylic acids is 1. The number of esters is 1. The molecule has 14 nitrogen and oxygen atoms in total. The number of carbonyl (C=O) groups is 1. The van der Waals surface area contributed by atoms with Crippen molar-refractivity contribution in [2.75, 3.05) is 11.5 Å². The van der Waals surface area contributed by atoms with Crippen molar-refractivity contribution in [2.24, 2.45) is 5.92 Å². The van der Waals surface area contributed by atoms with Crippen LogP contribution in [0.25, 0.3) is 0 Å². The van der Waals surface area contributed by atoms with Crippen molar-refractivity contribution in [2.45, 2.75) is 146 Å². The number of halogens is 4. The molecule has 11 aromatic rings. The van der Waals surface area contributed by atoms with Gasteiger partial charge in [-0.05, 0) is 183 Å². The highest BCUT2D eigenvalue weighted by Gasteiger charge is 2.47. The Bertz CT molecular complexity index is 4410. The highest BCUT2D eigenvalue weighted by Crippen LogP contribution is 2.35. The number of alkyl halides is 4. The minimum atomic E-state index is -5.84. The number of ether oxygens (including phenoxy) is 1. The zero-order chi connectivity index (χ0) is 80.6. The lowest BCUT2D eigenvalue weighted by molar-refractivity contribution is -0.164. The van der Waals surface area contributed by atoms with Crippen molar-refractivity contribution >= 4 is 79.1 Å². The van der Waals surface area contributed by atoms with Crippen LogP contribution < -0.4 is 4.18 Å². The molecule has 0 aliphatic rings. The molecule has 11 aromatic carbocycles. The Morgan fingerprint density at radius 2 is 0.627 bits per heavy atom. The maximum Gasteiger partial charge on any atom is 0.369 e. The Morgan fingerprint density at radius 3 is 0.836 bits per heavy atom. The molecule has 0 bridgehead atoms. The number of benzene rings is 11. The minimum absolute atomic E-state index is 0.0146. The summed E-state index contributed by atoms with van der Waals surface area (Å²) in [5.74, 6) is -9.12. The maximum atomic E-state index is 13.3. The average molecular weight is 1640 g/mol. The van der Waals surface area contributed by atoms with E-state index in [0.29, 0.717) is 19.3 Å². The molecule has 110 heavy (non-hydrogen) atoms. The molecule has 0 aliphatic heterocycles. The van der Waals surface area contributed by atoms with Gasteiger partial charge in [0.15, 0.2) is 66.0 Å². The van der Waals surface area contributed by atoms with Gasteiger partial charge in [-0.25, -0.2) is 25.6 Å². The SMILES string of the molecule is CCC(C)C(=O)OC(C)C(F)(F)S(=O)(=O)[O-].CCC(C)c1ccc(OS(=O)(=O)CC(F)(F)CS(=O)(=O)O)cc1.CCC(C)c1ccc(S(=O)(=O)[O-])cc1.c1ccc([S+](c2ccccc2)c2ccccc2)cc1.c1ccc([S+](c2ccccc2)c2ccccc2)cc1.c1ccc([S+](c2ccccc2)c2ccccc2)cc1. The normalized spacial score (nSPS) is 12.7. The van der Waals surface area contributed by atoms with E-state index in [1.807, 2.05) is 13.8 Å². The van der Waals surface area contributed by atoms with E-state index in [-0.39, 0.29) is 49.2 Å². The third-order valence-electron chi connectivity index (χ3n) is 16.3. The first-order valence-corrected chi connectivity index (χ1v) is 44.5. The largest absolute Gasteiger partial charge is 0.744 e. The Balaban J connectivity index is 0.000000207. The van der Waals surface area contributed by atoms with Gasteiger partial charge in [-0.15, -0.1) is 0 Å². The zero-order valence-corrected chi connectivity index (χ0v) is 67.3. The first-order chi connectivity index (χ1) is 52.2. The predicted molar refractivity (Wildman–Crippen MR) is 428 cm³/mol. The molecule has 4 unspecified atom stereocenters. The Labute approximate surface area is 654 Å². The smallest absolute Gasteiger partial charge is 0.369 e. The summed E-state index contributed by atoms with van der Waals surface area (Å²) < 4.78 is 176. The van der Waals surface area contributed by atoms with Gasteiger partial charge in [-0.2, -0.15) is 25.6 Å². The van der Waals surface area contributed by atoms with Crippen molar-refractivity contribution in [1.29, 1.82) is 0 Å². The predicted octanol–water partition coefficient (Wildman–Crippen LogP) is 20.0. The molecule has 0 amide bonds. The first-order valence-electron chi connectivity index (χ1n) is 34.8. The average Bonchev–Trinajstić information content (AvgIpc) is 0.836. The summed E-state index contributed by atoms with van der Waals surface area (Å²) in [6, 6.07) is 108. The van der Waals surface area contributed by atoms with Gasteiger partial charge in [0.25, 0.3) is 16.0 Å². The van der Waals surface area contributed by atoms with Crippen LogP contribution in [0.3, 0.4) is 0 Å². The van der Waals surface area contributed by atoms with Gasteiger partial charge in [-0.3, -0.25) is 9.35 Å². The van der Waals surface area contributed by atoms with Crippen LogP contribution in [0.15, 0.2) is 370 Å². The first kappa shape index (κ1) is 90.0. The monoisotopic (exact) mass is 1630 g/mol. The van der Waals surface area contributed by atoms with Crippen LogP contribution in [-0.4, -0.2) is 82.1 Å². The van der Waals surface area contributed by atoms with Gasteiger partial charge in [0.05, 0.1) is 43.5 Å². The standard InChI is InChI=1S/3C18H15S.C13H18F2O6S2.C10H14O3S.C8H14F2O5S/c3*1-4-10-16(11-5-1)19(17-12-6-2-7-13-17)18-14-8-3-9-15-18;1-3-10(2)11-4-6-12(7-5-11)21-23(19,20)9-13(14,15)8-22(16,17)18;1-3-8(2)9-4-6-10(7-5-9)14(11,12)13;1-4-5(2)7(11)15-6(3)8(9,10)16(12,13)14/h3*1-15H;4-7,10H,3,8-9H2,1-2H3,(H,16,17,18);4-8H,3H2,1-2H3,(H,11,12,13);5-6H,4H2,1-3H3,(H,12,13,14)/q3*+1;;;/p-2. The molecule has 0 saturated carbocycles. The highest BCUT2D eigenvalue weighted by molar-refractivity contribution is 7.97. The maximum absolute atomic E-state index is 13.3. The molecule has 0 aliphatic carbocycles. The summed E-state index contributed by atoms with van der Waals surface area (Å²) in [5, 5.41) is -4.61. The van der Waals surface area contributed by atoms with E-state index in [1.54, 1.807) is 31.2 Å². The molecule has 0 fully saturated rings. The quantitative estimate of drug-likeness (QED) is 0.0184. The fourth-order valence-corrected chi connectivity index (χ4v) is 19.1. The van der Waals surface area contributed by atoms with E-state index in [9.17, 15) is 65.1 Å². The van der Waals surface area contributed by atoms with Crippen molar-refractivity contribution < 1.29 is 78.6 Å². The van der Waals surface area contributed by atoms with Gasteiger partial charge >= 0.3 is 21.3 Å². The van der Waals surface area contributed by atoms with Crippen LogP contribution in [0, 0.1) is 5.92 Å². The lowest BCUT2D eigenvalue weighted by Crippen LogP contribution is -2.42. The van der Waals surface area contributed by atoms with Gasteiger partial charge in [0, 0.05) is 0 Å². The molecule has 1 N–H and O–H groups in total. The lowest BCUT2D eigenvalue weighted by Gasteiger charge is -2.26. The van der Waals surface area contributed by atoms with Crippen LogP contribution in [0.2, 0.25) is 0 Å². The summed E-state index contributed by atoms with van der Waals surface area (Å²) >= 11 is 0. The highest BCUT2D eigenvalue weighted by atomic mass is 32.2. The second kappa shape index (κ2) is 43.7. The molecule has 582 valence electrons. The van der Waals surface area contributed by atoms with Crippen molar-refractivity contribution in [3.8, 4) is 5.75 Å². The van der Waals surface area contributed by atoms with Gasteiger partial charge < -0.3 is 18.0 Å². The Morgan fingerprint density at radius 1 is 0.382 bits per heavy atom. The Kier molecular flexibility index (Phi) is 35.7. The number of rotatable bonds is 25. The van der Waals surface area contributed by atoms with Gasteiger partial charge in [0.2, 0.25) is 0 Å². The molecule has 25 heteroatoms. The van der Waals surface area contributed by atoms with E-state index < -0.39 is 81.1 Å². The molecule has 11 rings (SSSR count). The fourth-order valence-electron chi connectivity index (χ4n) is 9.99. The van der Waals surface area contributed by atoms with Crippen molar-refractivity contribution in [1.82, 2.24) is 0 Å². The molecule has 0 aromatic heterocycles. The molecular weight excluding hydrogens is 1550 g/mol. The molecule has 0 heterocycles. The summed E-state index contributed by atoms with van der Waals surface area (Å²) in [6.45, 7) is 11.8. The van der Waals surface area contributed by atoms with Crippen molar-refractivity contribution in [3.63, 3.8) is 0 Å². The van der Waals surface area contributed by atoms with Gasteiger partial charge in [0.1, 0.15) is 21.6 Å². The third kappa shape index (κ3) is 29.8. The van der Waals surface area contributed by atoms with Gasteiger partial charge in [-0.1, -0.05) is 230 Å². The van der Waals surface area contributed by atoms with Crippen LogP contribution in [-0.2, 0) is 82.7 Å².